The summed E-state index contributed by atoms with van der Waals surface area (Å²) in [5.74, 6) is 0.655. The number of nitrogens with two attached hydrogens (primary N) is 1. The third-order valence-electron chi connectivity index (χ3n) is 7.11. The number of hydrogen-bond acceptors (Lipinski definition) is 4. The number of piperazine rings is 1. The topological polar surface area (TPSA) is 58.8 Å². The maximum atomic E-state index is 13.0. The van der Waals surface area contributed by atoms with Crippen LogP contribution in [0.2, 0.25) is 0 Å². The maximum absolute atomic E-state index is 13.0. The quantitative estimate of drug-likeness (QED) is 0.696. The van der Waals surface area contributed by atoms with E-state index in [4.69, 9.17) is 10.5 Å². The minimum Gasteiger partial charge on any atom is -0.492 e. The van der Waals surface area contributed by atoms with Gasteiger partial charge < -0.3 is 15.4 Å². The van der Waals surface area contributed by atoms with Gasteiger partial charge in [-0.2, -0.15) is 13.2 Å². The van der Waals surface area contributed by atoms with Crippen molar-refractivity contribution in [3.05, 3.63) is 64.2 Å². The summed E-state index contributed by atoms with van der Waals surface area (Å²) in [5, 5.41) is 0. The monoisotopic (exact) mass is 461 g/mol. The van der Waals surface area contributed by atoms with Gasteiger partial charge in [-0.15, -0.1) is 0 Å². The summed E-state index contributed by atoms with van der Waals surface area (Å²) < 4.78 is 44.2. The molecule has 0 radical (unpaired) electrons. The van der Waals surface area contributed by atoms with Crippen molar-refractivity contribution in [2.45, 2.75) is 51.5 Å². The molecule has 3 atom stereocenters. The molecule has 2 heterocycles. The van der Waals surface area contributed by atoms with E-state index in [1.54, 1.807) is 0 Å². The van der Waals surface area contributed by atoms with E-state index in [-0.39, 0.29) is 24.0 Å². The molecule has 0 aromatic heterocycles. The average Bonchev–Trinajstić information content (AvgIpc) is 3.40. The number of alkyl halides is 3. The molecule has 2 aliphatic heterocycles. The second-order valence-corrected chi connectivity index (χ2v) is 8.99. The molecule has 0 unspecified atom stereocenters. The van der Waals surface area contributed by atoms with Gasteiger partial charge in [0.25, 0.3) is 5.91 Å². The number of nitrogens with zero attached hydrogens (tertiary/aromatic N) is 2. The molecule has 5 nitrogen and oxygen atoms in total. The summed E-state index contributed by atoms with van der Waals surface area (Å²) in [6.45, 7) is 8.63. The standard InChI is InChI=1S/C25H30F3N3O2/c1-15-16(2)23(33-11-10-29)9-8-22(15)17(3)30-13-21-12-20(30)14-31(21)24(32)18-4-6-19(7-5-18)25(26,27)28/h4-9,17,20-21H,10-14,29H2,1-3H3/t17-,20-,21-/m0/s1. The highest BCUT2D eigenvalue weighted by molar-refractivity contribution is 5.94. The fourth-order valence-electron chi connectivity index (χ4n) is 5.16. The van der Waals surface area contributed by atoms with E-state index in [2.05, 4.69) is 31.7 Å². The highest BCUT2D eigenvalue weighted by atomic mass is 19.4. The fourth-order valence-corrected chi connectivity index (χ4v) is 5.16. The van der Waals surface area contributed by atoms with Gasteiger partial charge in [-0.3, -0.25) is 9.69 Å². The lowest BCUT2D eigenvalue weighted by atomic mass is 9.96. The van der Waals surface area contributed by atoms with Crippen LogP contribution in [0.3, 0.4) is 0 Å². The Kier molecular flexibility index (Phi) is 6.42. The Morgan fingerprint density at radius 1 is 1.09 bits per heavy atom. The second-order valence-electron chi connectivity index (χ2n) is 8.99. The largest absolute Gasteiger partial charge is 0.492 e. The number of halogens is 3. The highest BCUT2D eigenvalue weighted by Gasteiger charge is 2.47. The van der Waals surface area contributed by atoms with Crippen molar-refractivity contribution in [1.82, 2.24) is 9.80 Å². The molecule has 0 saturated carbocycles. The van der Waals surface area contributed by atoms with Crippen LogP contribution >= 0.6 is 0 Å². The van der Waals surface area contributed by atoms with Crippen LogP contribution in [0.15, 0.2) is 36.4 Å². The first kappa shape index (κ1) is 23.6. The zero-order valence-electron chi connectivity index (χ0n) is 19.2. The molecule has 178 valence electrons. The zero-order valence-corrected chi connectivity index (χ0v) is 19.2. The minimum absolute atomic E-state index is 0.0702. The summed E-state index contributed by atoms with van der Waals surface area (Å²) in [5.41, 5.74) is 8.64. The van der Waals surface area contributed by atoms with Crippen LogP contribution in [0.4, 0.5) is 13.2 Å². The molecule has 0 aliphatic carbocycles. The molecule has 2 aromatic carbocycles. The first-order valence-corrected chi connectivity index (χ1v) is 11.3. The van der Waals surface area contributed by atoms with E-state index in [9.17, 15) is 18.0 Å². The number of benzene rings is 2. The predicted octanol–water partition coefficient (Wildman–Crippen LogP) is 4.32. The van der Waals surface area contributed by atoms with E-state index >= 15 is 0 Å². The van der Waals surface area contributed by atoms with Crippen molar-refractivity contribution in [2.24, 2.45) is 5.73 Å². The van der Waals surface area contributed by atoms with Gasteiger partial charge in [-0.05, 0) is 74.2 Å². The molecule has 33 heavy (non-hydrogen) atoms. The van der Waals surface area contributed by atoms with Gasteiger partial charge in [0.15, 0.2) is 0 Å². The van der Waals surface area contributed by atoms with Crippen LogP contribution in [0, 0.1) is 13.8 Å². The van der Waals surface area contributed by atoms with Crippen LogP contribution < -0.4 is 10.5 Å². The van der Waals surface area contributed by atoms with Gasteiger partial charge in [-0.25, -0.2) is 0 Å². The van der Waals surface area contributed by atoms with Crippen molar-refractivity contribution in [1.29, 1.82) is 0 Å². The van der Waals surface area contributed by atoms with E-state index in [0.29, 0.717) is 25.3 Å². The fraction of sp³-hybridized carbons (Fsp3) is 0.480. The summed E-state index contributed by atoms with van der Waals surface area (Å²) >= 11 is 0. The number of ether oxygens (including phenoxy) is 1. The van der Waals surface area contributed by atoms with Crippen LogP contribution in [-0.4, -0.2) is 54.0 Å². The van der Waals surface area contributed by atoms with Gasteiger partial charge in [0, 0.05) is 43.3 Å². The summed E-state index contributed by atoms with van der Waals surface area (Å²) in [6, 6.07) is 9.09. The Morgan fingerprint density at radius 2 is 1.79 bits per heavy atom. The summed E-state index contributed by atoms with van der Waals surface area (Å²) in [6.07, 6.45) is -3.53. The Balaban J connectivity index is 1.44. The number of hydrogen-bond donors (Lipinski definition) is 1. The molecule has 8 heteroatoms. The summed E-state index contributed by atoms with van der Waals surface area (Å²) in [4.78, 5) is 17.2. The van der Waals surface area contributed by atoms with Gasteiger partial charge in [0.05, 0.1) is 5.56 Å². The van der Waals surface area contributed by atoms with Gasteiger partial charge in [0.2, 0.25) is 0 Å². The van der Waals surface area contributed by atoms with E-state index in [1.165, 1.54) is 23.3 Å². The predicted molar refractivity (Wildman–Crippen MR) is 120 cm³/mol. The van der Waals surface area contributed by atoms with Crippen LogP contribution in [0.25, 0.3) is 0 Å². The molecule has 0 spiro atoms. The lowest BCUT2D eigenvalue weighted by Gasteiger charge is -2.38. The smallest absolute Gasteiger partial charge is 0.416 e. The molecule has 2 N–H and O–H groups in total. The van der Waals surface area contributed by atoms with Crippen molar-refractivity contribution in [3.8, 4) is 5.75 Å². The average molecular weight is 462 g/mol. The number of amides is 1. The van der Waals surface area contributed by atoms with Crippen molar-refractivity contribution in [3.63, 3.8) is 0 Å². The van der Waals surface area contributed by atoms with Gasteiger partial charge in [-0.1, -0.05) is 6.07 Å². The minimum atomic E-state index is -4.41. The van der Waals surface area contributed by atoms with E-state index in [1.807, 2.05) is 11.0 Å². The van der Waals surface area contributed by atoms with Crippen LogP contribution in [0.1, 0.15) is 52.0 Å². The number of likely N-dealkylation sites (tertiary alicyclic amines) is 2. The summed E-state index contributed by atoms with van der Waals surface area (Å²) in [7, 11) is 0. The number of rotatable bonds is 6. The zero-order chi connectivity index (χ0) is 23.9. The first-order chi connectivity index (χ1) is 15.6. The molecular formula is C25H30F3N3O2. The Hall–Kier alpha value is -2.58. The molecule has 2 saturated heterocycles. The van der Waals surface area contributed by atoms with Crippen LogP contribution in [0.5, 0.6) is 5.75 Å². The molecule has 2 aromatic rings. The van der Waals surface area contributed by atoms with Crippen LogP contribution in [-0.2, 0) is 6.18 Å². The molecule has 4 rings (SSSR count). The number of carbonyl (C=O) groups is 1. The SMILES string of the molecule is Cc1c(OCCN)ccc([C@H](C)N2C[C@@H]3C[C@H]2CN3C(=O)c2ccc(C(F)(F)F)cc2)c1C. The molecule has 1 amide bonds. The lowest BCUT2D eigenvalue weighted by Crippen LogP contribution is -2.49. The van der Waals surface area contributed by atoms with Gasteiger partial charge >= 0.3 is 6.18 Å². The Morgan fingerprint density at radius 3 is 2.36 bits per heavy atom. The Labute approximate surface area is 192 Å². The van der Waals surface area contributed by atoms with E-state index < -0.39 is 11.7 Å². The molecule has 2 aliphatic rings. The Bertz CT molecular complexity index is 1020. The number of carbonyl (C=O) groups excluding carboxylic acids is 1. The lowest BCUT2D eigenvalue weighted by molar-refractivity contribution is -0.137. The second kappa shape index (κ2) is 8.99. The number of fused-ring (bicyclic) bond motifs is 2. The molecule has 2 fully saturated rings. The third kappa shape index (κ3) is 4.46. The maximum Gasteiger partial charge on any atom is 0.416 e. The molecular weight excluding hydrogens is 431 g/mol. The van der Waals surface area contributed by atoms with Crippen molar-refractivity contribution in [2.75, 3.05) is 26.2 Å². The highest BCUT2D eigenvalue weighted by Crippen LogP contribution is 2.39. The van der Waals surface area contributed by atoms with Crippen molar-refractivity contribution >= 4 is 5.91 Å². The van der Waals surface area contributed by atoms with Gasteiger partial charge in [0.1, 0.15) is 12.4 Å². The van der Waals surface area contributed by atoms with E-state index in [0.717, 1.165) is 36.4 Å². The van der Waals surface area contributed by atoms with Crippen molar-refractivity contribution < 1.29 is 22.7 Å². The molecule has 2 bridgehead atoms. The first-order valence-electron chi connectivity index (χ1n) is 11.3. The normalized spacial score (nSPS) is 21.5. The third-order valence-corrected chi connectivity index (χ3v) is 7.11.